The molecule has 6 nitrogen and oxygen atoms in total. The lowest BCUT2D eigenvalue weighted by Gasteiger charge is -2.32. The summed E-state index contributed by atoms with van der Waals surface area (Å²) in [6.45, 7) is 4.28. The van der Waals surface area contributed by atoms with Crippen LogP contribution in [0.5, 0.6) is 0 Å². The summed E-state index contributed by atoms with van der Waals surface area (Å²) < 4.78 is 27.1. The van der Waals surface area contributed by atoms with E-state index in [4.69, 9.17) is 0 Å². The van der Waals surface area contributed by atoms with Crippen LogP contribution in [0.25, 0.3) is 0 Å². The molecule has 2 aromatic rings. The van der Waals surface area contributed by atoms with Crippen molar-refractivity contribution in [1.82, 2.24) is 14.5 Å². The van der Waals surface area contributed by atoms with Gasteiger partial charge in [-0.1, -0.05) is 48.9 Å². The molecule has 4 rings (SSSR count). The molecular formula is C25H33N3O3S. The maximum Gasteiger partial charge on any atom is 0.243 e. The largest absolute Gasteiger partial charge is 0.352 e. The van der Waals surface area contributed by atoms with Crippen LogP contribution in [0.1, 0.15) is 43.2 Å². The Bertz CT molecular complexity index is 987. The van der Waals surface area contributed by atoms with Crippen molar-refractivity contribution in [2.45, 2.75) is 50.1 Å². The van der Waals surface area contributed by atoms with Crippen LogP contribution in [0.3, 0.4) is 0 Å². The summed E-state index contributed by atoms with van der Waals surface area (Å²) in [4.78, 5) is 15.4. The van der Waals surface area contributed by atoms with Gasteiger partial charge in [-0.15, -0.1) is 0 Å². The highest BCUT2D eigenvalue weighted by atomic mass is 32.2. The predicted molar refractivity (Wildman–Crippen MR) is 125 cm³/mol. The van der Waals surface area contributed by atoms with E-state index in [1.54, 1.807) is 28.6 Å². The first kappa shape index (κ1) is 23.0. The number of nitrogens with one attached hydrogen (secondary N) is 1. The summed E-state index contributed by atoms with van der Waals surface area (Å²) >= 11 is 0. The second kappa shape index (κ2) is 10.6. The van der Waals surface area contributed by atoms with Gasteiger partial charge in [0.25, 0.3) is 0 Å². The van der Waals surface area contributed by atoms with Gasteiger partial charge in [0, 0.05) is 32.7 Å². The Hall–Kier alpha value is -2.22. The highest BCUT2D eigenvalue weighted by Gasteiger charge is 2.27. The maximum absolute atomic E-state index is 12.8. The lowest BCUT2D eigenvalue weighted by atomic mass is 9.96. The Morgan fingerprint density at radius 1 is 0.875 bits per heavy atom. The van der Waals surface area contributed by atoms with Gasteiger partial charge in [0.2, 0.25) is 15.9 Å². The van der Waals surface area contributed by atoms with Crippen LogP contribution >= 0.6 is 0 Å². The minimum Gasteiger partial charge on any atom is -0.352 e. The SMILES string of the molecule is O=C(NCc1ccc(S(=O)(=O)N2CCCCC2)cc1)C1CCCN(Cc2ccccc2)C1. The minimum atomic E-state index is -3.42. The summed E-state index contributed by atoms with van der Waals surface area (Å²) in [6, 6.07) is 17.3. The van der Waals surface area contributed by atoms with Crippen molar-refractivity contribution in [2.24, 2.45) is 5.92 Å². The molecule has 1 unspecified atom stereocenters. The molecule has 0 saturated carbocycles. The first-order valence-electron chi connectivity index (χ1n) is 11.7. The number of amides is 1. The van der Waals surface area contributed by atoms with E-state index < -0.39 is 10.0 Å². The molecule has 2 fully saturated rings. The van der Waals surface area contributed by atoms with Crippen LogP contribution in [-0.4, -0.2) is 49.7 Å². The predicted octanol–water partition coefficient (Wildman–Crippen LogP) is 3.39. The third-order valence-corrected chi connectivity index (χ3v) is 8.38. The van der Waals surface area contributed by atoms with Gasteiger partial charge in [-0.2, -0.15) is 4.31 Å². The first-order chi connectivity index (χ1) is 15.5. The summed E-state index contributed by atoms with van der Waals surface area (Å²) in [6.07, 6.45) is 4.87. The number of piperidine rings is 2. The number of hydrogen-bond acceptors (Lipinski definition) is 4. The van der Waals surface area contributed by atoms with Crippen LogP contribution < -0.4 is 5.32 Å². The second-order valence-electron chi connectivity index (χ2n) is 8.89. The van der Waals surface area contributed by atoms with Crippen LogP contribution in [0.2, 0.25) is 0 Å². The third-order valence-electron chi connectivity index (χ3n) is 6.47. The van der Waals surface area contributed by atoms with E-state index in [9.17, 15) is 13.2 Å². The Morgan fingerprint density at radius 2 is 1.59 bits per heavy atom. The Labute approximate surface area is 191 Å². The molecule has 1 amide bonds. The van der Waals surface area contributed by atoms with Crippen LogP contribution in [0.15, 0.2) is 59.5 Å². The Morgan fingerprint density at radius 3 is 2.31 bits per heavy atom. The van der Waals surface area contributed by atoms with E-state index in [1.165, 1.54) is 5.56 Å². The average molecular weight is 456 g/mol. The molecule has 1 atom stereocenters. The fourth-order valence-corrected chi connectivity index (χ4v) is 6.14. The molecular weight excluding hydrogens is 422 g/mol. The summed E-state index contributed by atoms with van der Waals surface area (Å²) in [5.74, 6) is 0.0685. The van der Waals surface area contributed by atoms with Gasteiger partial charge < -0.3 is 5.32 Å². The molecule has 7 heteroatoms. The van der Waals surface area contributed by atoms with Crippen molar-refractivity contribution in [3.63, 3.8) is 0 Å². The molecule has 0 spiro atoms. The molecule has 0 bridgehead atoms. The van der Waals surface area contributed by atoms with E-state index in [2.05, 4.69) is 22.3 Å². The van der Waals surface area contributed by atoms with Gasteiger partial charge in [-0.05, 0) is 55.5 Å². The molecule has 2 aromatic carbocycles. The monoisotopic (exact) mass is 455 g/mol. The van der Waals surface area contributed by atoms with E-state index in [0.29, 0.717) is 24.5 Å². The number of rotatable bonds is 7. The molecule has 0 radical (unpaired) electrons. The van der Waals surface area contributed by atoms with Gasteiger partial charge in [-0.3, -0.25) is 9.69 Å². The normalized spacial score (nSPS) is 20.7. The van der Waals surface area contributed by atoms with Gasteiger partial charge in [-0.25, -0.2) is 8.42 Å². The number of benzene rings is 2. The molecule has 1 N–H and O–H groups in total. The third kappa shape index (κ3) is 5.77. The quantitative estimate of drug-likeness (QED) is 0.695. The van der Waals surface area contributed by atoms with Crippen molar-refractivity contribution in [3.05, 3.63) is 65.7 Å². The smallest absolute Gasteiger partial charge is 0.243 e. The zero-order valence-electron chi connectivity index (χ0n) is 18.6. The molecule has 32 heavy (non-hydrogen) atoms. The van der Waals surface area contributed by atoms with Crippen LogP contribution in [0, 0.1) is 5.92 Å². The van der Waals surface area contributed by atoms with Crippen molar-refractivity contribution in [1.29, 1.82) is 0 Å². The molecule has 0 aliphatic carbocycles. The van der Waals surface area contributed by atoms with Crippen LogP contribution in [0.4, 0.5) is 0 Å². The highest BCUT2D eigenvalue weighted by Crippen LogP contribution is 2.22. The lowest BCUT2D eigenvalue weighted by molar-refractivity contribution is -0.126. The minimum absolute atomic E-state index is 0.00813. The van der Waals surface area contributed by atoms with E-state index in [-0.39, 0.29) is 11.8 Å². The topological polar surface area (TPSA) is 69.7 Å². The molecule has 2 saturated heterocycles. The molecule has 2 aliphatic heterocycles. The van der Waals surface area contributed by atoms with Gasteiger partial charge in [0.05, 0.1) is 10.8 Å². The number of carbonyl (C=O) groups excluding carboxylic acids is 1. The standard InChI is InChI=1S/C25H33N3O3S/c29-25(23-10-7-15-27(20-23)19-22-8-3-1-4-9-22)26-18-21-11-13-24(14-12-21)32(30,31)28-16-5-2-6-17-28/h1,3-4,8-9,11-14,23H,2,5-7,10,15-20H2,(H,26,29). The molecule has 2 aliphatic rings. The Kier molecular flexibility index (Phi) is 7.60. The highest BCUT2D eigenvalue weighted by molar-refractivity contribution is 7.89. The number of hydrogen-bond donors (Lipinski definition) is 1. The van der Waals surface area contributed by atoms with Crippen LogP contribution in [-0.2, 0) is 27.9 Å². The summed E-state index contributed by atoms with van der Waals surface area (Å²) in [5, 5.41) is 3.05. The number of carbonyl (C=O) groups is 1. The molecule has 2 heterocycles. The van der Waals surface area contributed by atoms with Gasteiger partial charge >= 0.3 is 0 Å². The van der Waals surface area contributed by atoms with E-state index in [1.807, 2.05) is 18.2 Å². The number of nitrogens with zero attached hydrogens (tertiary/aromatic N) is 2. The Balaban J connectivity index is 1.29. The summed E-state index contributed by atoms with van der Waals surface area (Å²) in [5.41, 5.74) is 2.18. The summed E-state index contributed by atoms with van der Waals surface area (Å²) in [7, 11) is -3.42. The zero-order valence-corrected chi connectivity index (χ0v) is 19.4. The van der Waals surface area contributed by atoms with Gasteiger partial charge in [0.15, 0.2) is 0 Å². The van der Waals surface area contributed by atoms with E-state index >= 15 is 0 Å². The van der Waals surface area contributed by atoms with Crippen molar-refractivity contribution in [3.8, 4) is 0 Å². The maximum atomic E-state index is 12.8. The van der Waals surface area contributed by atoms with E-state index in [0.717, 1.165) is 57.3 Å². The van der Waals surface area contributed by atoms with Gasteiger partial charge in [0.1, 0.15) is 0 Å². The second-order valence-corrected chi connectivity index (χ2v) is 10.8. The number of likely N-dealkylation sites (tertiary alicyclic amines) is 1. The van der Waals surface area contributed by atoms with Crippen molar-refractivity contribution >= 4 is 15.9 Å². The van der Waals surface area contributed by atoms with Crippen molar-refractivity contribution in [2.75, 3.05) is 26.2 Å². The lowest BCUT2D eigenvalue weighted by Crippen LogP contribution is -2.42. The number of sulfonamides is 1. The zero-order chi connectivity index (χ0) is 22.4. The molecule has 172 valence electrons. The van der Waals surface area contributed by atoms with Crippen molar-refractivity contribution < 1.29 is 13.2 Å². The average Bonchev–Trinajstić information content (AvgIpc) is 2.84. The fraction of sp³-hybridized carbons (Fsp3) is 0.480. The first-order valence-corrected chi connectivity index (χ1v) is 13.1. The molecule has 0 aromatic heterocycles. The fourth-order valence-electron chi connectivity index (χ4n) is 4.62.